The Morgan fingerprint density at radius 3 is 2.50 bits per heavy atom. The Hall–Kier alpha value is -3.72. The lowest BCUT2D eigenvalue weighted by Crippen LogP contribution is -2.45. The summed E-state index contributed by atoms with van der Waals surface area (Å²) in [5.41, 5.74) is 7.65. The molecular formula is C23H26N6O3. The minimum atomic E-state index is -1.09. The number of nitrogens with one attached hydrogen (secondary N) is 1. The van der Waals surface area contributed by atoms with Crippen molar-refractivity contribution in [3.8, 4) is 0 Å². The van der Waals surface area contributed by atoms with Crippen molar-refractivity contribution in [1.82, 2.24) is 20.2 Å². The number of nitrogens with zero attached hydrogens (tertiary/aromatic N) is 4. The average Bonchev–Trinajstić information content (AvgIpc) is 2.78. The van der Waals surface area contributed by atoms with Gasteiger partial charge in [-0.2, -0.15) is 4.98 Å². The molecule has 1 aliphatic heterocycles. The number of hydrogen-bond donors (Lipinski definition) is 3. The highest BCUT2D eigenvalue weighted by Crippen LogP contribution is 2.26. The van der Waals surface area contributed by atoms with Crippen molar-refractivity contribution < 1.29 is 14.7 Å². The zero-order chi connectivity index (χ0) is 22.7. The van der Waals surface area contributed by atoms with Crippen LogP contribution in [0.25, 0.3) is 10.9 Å². The Balaban J connectivity index is 1.57. The van der Waals surface area contributed by atoms with Crippen LogP contribution >= 0.6 is 0 Å². The molecule has 0 bridgehead atoms. The predicted molar refractivity (Wildman–Crippen MR) is 123 cm³/mol. The SMILES string of the molecule is CN1CCN(c2nc(N)nc3cc(C(=O)NC(Cc4ccccc4)C(=O)O)ccc23)CC1. The van der Waals surface area contributed by atoms with Gasteiger partial charge in [0.15, 0.2) is 0 Å². The van der Waals surface area contributed by atoms with E-state index >= 15 is 0 Å². The van der Waals surface area contributed by atoms with Crippen LogP contribution in [-0.2, 0) is 11.2 Å². The summed E-state index contributed by atoms with van der Waals surface area (Å²) >= 11 is 0. The maximum atomic E-state index is 12.8. The molecule has 4 N–H and O–H groups in total. The van der Waals surface area contributed by atoms with Gasteiger partial charge in [0, 0.05) is 43.5 Å². The van der Waals surface area contributed by atoms with Gasteiger partial charge in [0.2, 0.25) is 5.95 Å². The van der Waals surface area contributed by atoms with E-state index < -0.39 is 17.9 Å². The van der Waals surface area contributed by atoms with Crippen LogP contribution in [0.5, 0.6) is 0 Å². The molecule has 2 heterocycles. The van der Waals surface area contributed by atoms with Crippen LogP contribution in [0.4, 0.5) is 11.8 Å². The van der Waals surface area contributed by atoms with Gasteiger partial charge >= 0.3 is 5.97 Å². The van der Waals surface area contributed by atoms with Gasteiger partial charge in [-0.15, -0.1) is 0 Å². The second-order valence-electron chi connectivity index (χ2n) is 7.98. The first-order chi connectivity index (χ1) is 15.4. The lowest BCUT2D eigenvalue weighted by atomic mass is 10.0. The van der Waals surface area contributed by atoms with Crippen LogP contribution in [0.15, 0.2) is 48.5 Å². The number of amides is 1. The van der Waals surface area contributed by atoms with E-state index in [9.17, 15) is 14.7 Å². The minimum Gasteiger partial charge on any atom is -0.480 e. The Morgan fingerprint density at radius 2 is 1.81 bits per heavy atom. The van der Waals surface area contributed by atoms with Crippen molar-refractivity contribution in [2.24, 2.45) is 0 Å². The highest BCUT2D eigenvalue weighted by Gasteiger charge is 2.23. The fraction of sp³-hybridized carbons (Fsp3) is 0.304. The number of rotatable bonds is 6. The van der Waals surface area contributed by atoms with Gasteiger partial charge in [-0.3, -0.25) is 4.79 Å². The third-order valence-electron chi connectivity index (χ3n) is 5.65. The van der Waals surface area contributed by atoms with Crippen LogP contribution in [-0.4, -0.2) is 71.1 Å². The molecule has 1 atom stereocenters. The van der Waals surface area contributed by atoms with Crippen molar-refractivity contribution in [3.05, 3.63) is 59.7 Å². The summed E-state index contributed by atoms with van der Waals surface area (Å²) in [6.45, 7) is 3.49. The summed E-state index contributed by atoms with van der Waals surface area (Å²) in [6.07, 6.45) is 0.193. The van der Waals surface area contributed by atoms with Crippen LogP contribution in [0.1, 0.15) is 15.9 Å². The molecule has 32 heavy (non-hydrogen) atoms. The largest absolute Gasteiger partial charge is 0.480 e. The number of piperazine rings is 1. The van der Waals surface area contributed by atoms with E-state index in [0.29, 0.717) is 11.1 Å². The lowest BCUT2D eigenvalue weighted by molar-refractivity contribution is -0.139. The van der Waals surface area contributed by atoms with Crippen LogP contribution in [0, 0.1) is 0 Å². The van der Waals surface area contributed by atoms with Crippen LogP contribution < -0.4 is 16.0 Å². The summed E-state index contributed by atoms with van der Waals surface area (Å²) in [5.74, 6) is -0.683. The quantitative estimate of drug-likeness (QED) is 0.532. The van der Waals surface area contributed by atoms with Crippen molar-refractivity contribution in [3.63, 3.8) is 0 Å². The molecule has 9 nitrogen and oxygen atoms in total. The lowest BCUT2D eigenvalue weighted by Gasteiger charge is -2.33. The number of aromatic nitrogens is 2. The van der Waals surface area contributed by atoms with Gasteiger partial charge in [-0.1, -0.05) is 30.3 Å². The van der Waals surface area contributed by atoms with E-state index in [2.05, 4.69) is 32.1 Å². The molecule has 2 aromatic carbocycles. The molecule has 1 amide bonds. The zero-order valence-electron chi connectivity index (χ0n) is 17.9. The summed E-state index contributed by atoms with van der Waals surface area (Å²) in [5, 5.41) is 13.0. The number of fused-ring (bicyclic) bond motifs is 1. The van der Waals surface area contributed by atoms with Gasteiger partial charge in [0.1, 0.15) is 11.9 Å². The monoisotopic (exact) mass is 434 g/mol. The van der Waals surface area contributed by atoms with Gasteiger partial charge < -0.3 is 26.0 Å². The van der Waals surface area contributed by atoms with Crippen molar-refractivity contribution in [2.75, 3.05) is 43.9 Å². The van der Waals surface area contributed by atoms with E-state index in [1.54, 1.807) is 18.2 Å². The van der Waals surface area contributed by atoms with E-state index in [4.69, 9.17) is 5.73 Å². The van der Waals surface area contributed by atoms with Gasteiger partial charge in [-0.25, -0.2) is 9.78 Å². The third-order valence-corrected chi connectivity index (χ3v) is 5.65. The summed E-state index contributed by atoms with van der Waals surface area (Å²) < 4.78 is 0. The molecule has 0 spiro atoms. The number of carbonyl (C=O) groups excluding carboxylic acids is 1. The van der Waals surface area contributed by atoms with Gasteiger partial charge in [0.25, 0.3) is 5.91 Å². The number of hydrogen-bond acceptors (Lipinski definition) is 7. The molecule has 0 saturated carbocycles. The average molecular weight is 435 g/mol. The van der Waals surface area contributed by atoms with E-state index in [1.807, 2.05) is 30.3 Å². The van der Waals surface area contributed by atoms with E-state index in [0.717, 1.165) is 42.9 Å². The summed E-state index contributed by atoms with van der Waals surface area (Å²) in [4.78, 5) is 37.7. The highest BCUT2D eigenvalue weighted by molar-refractivity contribution is 6.01. The van der Waals surface area contributed by atoms with Crippen molar-refractivity contribution in [1.29, 1.82) is 0 Å². The first-order valence-electron chi connectivity index (χ1n) is 10.5. The number of carbonyl (C=O) groups is 2. The van der Waals surface area contributed by atoms with Crippen molar-refractivity contribution in [2.45, 2.75) is 12.5 Å². The third kappa shape index (κ3) is 4.78. The molecule has 0 radical (unpaired) electrons. The molecule has 166 valence electrons. The Bertz CT molecular complexity index is 1130. The maximum Gasteiger partial charge on any atom is 0.326 e. The standard InChI is InChI=1S/C23H26N6O3/c1-28-9-11-29(12-10-28)20-17-8-7-16(14-18(17)26-23(24)27-20)21(30)25-19(22(31)32)13-15-5-3-2-4-6-15/h2-8,14,19H,9-13H2,1H3,(H,25,30)(H,31,32)(H2,24,26,27). The molecule has 1 fully saturated rings. The molecule has 9 heteroatoms. The summed E-state index contributed by atoms with van der Waals surface area (Å²) in [7, 11) is 2.08. The highest BCUT2D eigenvalue weighted by atomic mass is 16.4. The fourth-order valence-electron chi connectivity index (χ4n) is 3.82. The maximum absolute atomic E-state index is 12.8. The van der Waals surface area contributed by atoms with Crippen LogP contribution in [0.3, 0.4) is 0 Å². The number of carboxylic acids is 1. The molecule has 1 saturated heterocycles. The molecule has 1 aromatic heterocycles. The molecule has 0 aliphatic carbocycles. The number of nitrogen functional groups attached to an aromatic ring is 1. The van der Waals surface area contributed by atoms with Crippen molar-refractivity contribution >= 4 is 34.5 Å². The Kier molecular flexibility index (Phi) is 6.18. The first kappa shape index (κ1) is 21.5. The Labute approximate surface area is 185 Å². The second-order valence-corrected chi connectivity index (χ2v) is 7.98. The zero-order valence-corrected chi connectivity index (χ0v) is 17.9. The number of aliphatic carboxylic acids is 1. The topological polar surface area (TPSA) is 125 Å². The van der Waals surface area contributed by atoms with Gasteiger partial charge in [0.05, 0.1) is 5.52 Å². The number of benzene rings is 2. The number of anilines is 2. The molecule has 4 rings (SSSR count). The first-order valence-corrected chi connectivity index (χ1v) is 10.5. The molecule has 1 unspecified atom stereocenters. The van der Waals surface area contributed by atoms with Crippen LogP contribution in [0.2, 0.25) is 0 Å². The number of likely N-dealkylation sites (N-methyl/N-ethyl adjacent to an activating group) is 1. The fourth-order valence-corrected chi connectivity index (χ4v) is 3.82. The molecular weight excluding hydrogens is 408 g/mol. The predicted octanol–water partition coefficient (Wildman–Crippen LogP) is 1.39. The normalized spacial score (nSPS) is 15.5. The summed E-state index contributed by atoms with van der Waals surface area (Å²) in [6, 6.07) is 13.2. The number of carboxylic acid groups (broad SMARTS) is 1. The van der Waals surface area contributed by atoms with Gasteiger partial charge in [-0.05, 0) is 30.8 Å². The molecule has 3 aromatic rings. The number of nitrogens with two attached hydrogens (primary N) is 1. The minimum absolute atomic E-state index is 0.136. The second kappa shape index (κ2) is 9.19. The molecule has 1 aliphatic rings. The smallest absolute Gasteiger partial charge is 0.326 e. The van der Waals surface area contributed by atoms with E-state index in [-0.39, 0.29) is 12.4 Å². The Morgan fingerprint density at radius 1 is 1.09 bits per heavy atom. The van der Waals surface area contributed by atoms with E-state index in [1.165, 1.54) is 0 Å².